The number of fused-ring (bicyclic) bond motifs is 1. The maximum atomic E-state index is 14.2. The normalized spacial score (nSPS) is 20.0. The highest BCUT2D eigenvalue weighted by atomic mass is 32.2. The van der Waals surface area contributed by atoms with Gasteiger partial charge in [0.2, 0.25) is 0 Å². The van der Waals surface area contributed by atoms with Crippen LogP contribution in [0.15, 0.2) is 58.0 Å². The number of anilines is 1. The molecule has 166 valence electrons. The zero-order chi connectivity index (χ0) is 22.2. The third-order valence-electron chi connectivity index (χ3n) is 4.88. The van der Waals surface area contributed by atoms with Crippen LogP contribution >= 0.6 is 0 Å². The molecule has 1 saturated heterocycles. The van der Waals surface area contributed by atoms with E-state index < -0.39 is 38.9 Å². The highest BCUT2D eigenvalue weighted by molar-refractivity contribution is 7.92. The largest absolute Gasteiger partial charge is 0.483 e. The number of alkyl halides is 4. The van der Waals surface area contributed by atoms with E-state index in [0.29, 0.717) is 24.4 Å². The minimum atomic E-state index is -4.85. The van der Waals surface area contributed by atoms with Crippen LogP contribution in [-0.4, -0.2) is 33.8 Å². The molecule has 0 radical (unpaired) electrons. The molecular formula is C20H18F4N2O4S. The van der Waals surface area contributed by atoms with E-state index in [-0.39, 0.29) is 23.6 Å². The van der Waals surface area contributed by atoms with Gasteiger partial charge in [0.05, 0.1) is 22.4 Å². The zero-order valence-corrected chi connectivity index (χ0v) is 16.8. The molecule has 1 fully saturated rings. The zero-order valence-electron chi connectivity index (χ0n) is 15.9. The number of furan rings is 1. The van der Waals surface area contributed by atoms with Gasteiger partial charge in [-0.05, 0) is 37.2 Å². The van der Waals surface area contributed by atoms with Gasteiger partial charge in [0.25, 0.3) is 10.0 Å². The molecular weight excluding hydrogens is 440 g/mol. The maximum Gasteiger partial charge on any atom is 0.417 e. The summed E-state index contributed by atoms with van der Waals surface area (Å²) in [5.41, 5.74) is -1.03. The van der Waals surface area contributed by atoms with Crippen molar-refractivity contribution in [2.45, 2.75) is 29.8 Å². The van der Waals surface area contributed by atoms with Gasteiger partial charge in [-0.1, -0.05) is 12.1 Å². The summed E-state index contributed by atoms with van der Waals surface area (Å²) < 4.78 is 92.8. The van der Waals surface area contributed by atoms with Crippen molar-refractivity contribution in [3.05, 3.63) is 54.3 Å². The van der Waals surface area contributed by atoms with Crippen LogP contribution in [0.4, 0.5) is 23.2 Å². The van der Waals surface area contributed by atoms with Crippen molar-refractivity contribution in [1.82, 2.24) is 5.32 Å². The van der Waals surface area contributed by atoms with Crippen LogP contribution in [0.3, 0.4) is 0 Å². The third-order valence-corrected chi connectivity index (χ3v) is 6.32. The summed E-state index contributed by atoms with van der Waals surface area (Å²) in [4.78, 5) is -0.903. The van der Waals surface area contributed by atoms with Crippen LogP contribution in [0.2, 0.25) is 0 Å². The molecule has 1 aromatic heterocycles. The molecule has 1 aliphatic rings. The van der Waals surface area contributed by atoms with Crippen LogP contribution in [0.5, 0.6) is 5.75 Å². The smallest absolute Gasteiger partial charge is 0.417 e. The fourth-order valence-corrected chi connectivity index (χ4v) is 4.70. The first-order chi connectivity index (χ1) is 14.6. The summed E-state index contributed by atoms with van der Waals surface area (Å²) in [5.74, 6) is 0.0962. The van der Waals surface area contributed by atoms with Crippen LogP contribution in [0.25, 0.3) is 11.0 Å². The van der Waals surface area contributed by atoms with E-state index in [1.807, 2.05) is 0 Å². The van der Waals surface area contributed by atoms with E-state index in [1.54, 1.807) is 6.07 Å². The summed E-state index contributed by atoms with van der Waals surface area (Å²) in [7, 11) is -4.58. The summed E-state index contributed by atoms with van der Waals surface area (Å²) >= 11 is 0. The van der Waals surface area contributed by atoms with Crippen molar-refractivity contribution in [3.63, 3.8) is 0 Å². The van der Waals surface area contributed by atoms with Crippen LogP contribution < -0.4 is 14.8 Å². The number of nitrogens with one attached hydrogen (secondary N) is 2. The Hall–Kier alpha value is -2.79. The SMILES string of the molecule is O=S(=O)(Nc1cc(O[C@@H]2CCNC[C@H]2F)c2occc2c1)c1ccccc1C(F)(F)F. The van der Waals surface area contributed by atoms with Gasteiger partial charge in [0.1, 0.15) is 12.3 Å². The number of hydrogen-bond acceptors (Lipinski definition) is 5. The highest BCUT2D eigenvalue weighted by Crippen LogP contribution is 2.36. The van der Waals surface area contributed by atoms with Crippen molar-refractivity contribution in [2.24, 2.45) is 0 Å². The molecule has 0 aliphatic carbocycles. The monoisotopic (exact) mass is 458 g/mol. The average Bonchev–Trinajstić information content (AvgIpc) is 3.18. The topological polar surface area (TPSA) is 80.6 Å². The molecule has 2 atom stereocenters. The van der Waals surface area contributed by atoms with Crippen LogP contribution in [0, 0.1) is 0 Å². The molecule has 0 amide bonds. The molecule has 1 aliphatic heterocycles. The number of sulfonamides is 1. The Labute approximate surface area is 175 Å². The Morgan fingerprint density at radius 1 is 1.16 bits per heavy atom. The standard InChI is InChI=1S/C20H18F4N2O4S/c21-15-11-25-7-5-16(15)30-17-10-13(9-12-6-8-29-19(12)17)26-31(27,28)18-4-2-1-3-14(18)20(22,23)24/h1-4,6,8-10,15-16,25-26H,5,7,11H2/t15-,16-/m1/s1. The molecule has 2 heterocycles. The van der Waals surface area contributed by atoms with Crippen molar-refractivity contribution >= 4 is 26.7 Å². The molecule has 2 N–H and O–H groups in total. The Balaban J connectivity index is 1.69. The van der Waals surface area contributed by atoms with Gasteiger partial charge in [0, 0.05) is 18.0 Å². The van der Waals surface area contributed by atoms with Crippen molar-refractivity contribution in [1.29, 1.82) is 0 Å². The molecule has 0 unspecified atom stereocenters. The van der Waals surface area contributed by atoms with Gasteiger partial charge in [-0.25, -0.2) is 12.8 Å². The van der Waals surface area contributed by atoms with E-state index in [9.17, 15) is 26.0 Å². The maximum absolute atomic E-state index is 14.2. The second kappa shape index (κ2) is 8.04. The predicted octanol–water partition coefficient (Wildman–Crippen LogP) is 4.33. The molecule has 31 heavy (non-hydrogen) atoms. The van der Waals surface area contributed by atoms with E-state index in [4.69, 9.17) is 9.15 Å². The Morgan fingerprint density at radius 3 is 2.68 bits per heavy atom. The van der Waals surface area contributed by atoms with Gasteiger partial charge in [-0.2, -0.15) is 13.2 Å². The molecule has 0 bridgehead atoms. The Kier molecular flexibility index (Phi) is 5.56. The molecule has 6 nitrogen and oxygen atoms in total. The number of hydrogen-bond donors (Lipinski definition) is 2. The second-order valence-corrected chi connectivity index (χ2v) is 8.73. The predicted molar refractivity (Wildman–Crippen MR) is 105 cm³/mol. The Bertz CT molecular complexity index is 1190. The second-order valence-electron chi connectivity index (χ2n) is 7.08. The molecule has 0 spiro atoms. The van der Waals surface area contributed by atoms with Crippen LogP contribution in [0.1, 0.15) is 12.0 Å². The fourth-order valence-electron chi connectivity index (χ4n) is 3.43. The molecule has 2 aromatic carbocycles. The van der Waals surface area contributed by atoms with Gasteiger partial charge in [-0.15, -0.1) is 0 Å². The van der Waals surface area contributed by atoms with Crippen LogP contribution in [-0.2, 0) is 16.2 Å². The average molecular weight is 458 g/mol. The lowest BCUT2D eigenvalue weighted by molar-refractivity contribution is -0.139. The fraction of sp³-hybridized carbons (Fsp3) is 0.300. The van der Waals surface area contributed by atoms with E-state index >= 15 is 0 Å². The van der Waals surface area contributed by atoms with Crippen molar-refractivity contribution in [3.8, 4) is 5.75 Å². The van der Waals surface area contributed by atoms with E-state index in [0.717, 1.165) is 12.1 Å². The third kappa shape index (κ3) is 4.47. The number of benzene rings is 2. The van der Waals surface area contributed by atoms with Gasteiger partial charge < -0.3 is 14.5 Å². The first-order valence-electron chi connectivity index (χ1n) is 9.37. The summed E-state index contributed by atoms with van der Waals surface area (Å²) in [5, 5.41) is 3.35. The number of piperidine rings is 1. The minimum absolute atomic E-state index is 0.0368. The minimum Gasteiger partial charge on any atom is -0.483 e. The molecule has 4 rings (SSSR count). The summed E-state index contributed by atoms with van der Waals surface area (Å²) in [6.07, 6.45) is -5.16. The number of rotatable bonds is 5. The van der Waals surface area contributed by atoms with E-state index in [1.165, 1.54) is 24.5 Å². The first-order valence-corrected chi connectivity index (χ1v) is 10.9. The number of ether oxygens (including phenoxy) is 1. The van der Waals surface area contributed by atoms with Crippen molar-refractivity contribution < 1.29 is 35.1 Å². The van der Waals surface area contributed by atoms with Gasteiger partial charge in [-0.3, -0.25) is 4.72 Å². The lowest BCUT2D eigenvalue weighted by Crippen LogP contribution is -2.44. The summed E-state index contributed by atoms with van der Waals surface area (Å²) in [6.45, 7) is 0.666. The molecule has 11 heteroatoms. The van der Waals surface area contributed by atoms with Gasteiger partial charge in [0.15, 0.2) is 11.3 Å². The molecule has 3 aromatic rings. The summed E-state index contributed by atoms with van der Waals surface area (Å²) in [6, 6.07) is 8.10. The lowest BCUT2D eigenvalue weighted by Gasteiger charge is -2.27. The Morgan fingerprint density at radius 2 is 1.94 bits per heavy atom. The number of halogens is 4. The van der Waals surface area contributed by atoms with Gasteiger partial charge >= 0.3 is 6.18 Å². The molecule has 0 saturated carbocycles. The first kappa shape index (κ1) is 21.4. The quantitative estimate of drug-likeness (QED) is 0.557. The van der Waals surface area contributed by atoms with Crippen molar-refractivity contribution in [2.75, 3.05) is 17.8 Å². The lowest BCUT2D eigenvalue weighted by atomic mass is 10.1. The van der Waals surface area contributed by atoms with E-state index in [2.05, 4.69) is 10.0 Å². The highest BCUT2D eigenvalue weighted by Gasteiger charge is 2.37.